The summed E-state index contributed by atoms with van der Waals surface area (Å²) in [7, 11) is 0. The molecule has 102 valence electrons. The average Bonchev–Trinajstić information content (AvgIpc) is 3.10. The number of carbonyl (C=O) groups is 1. The number of ether oxygens (including phenoxy) is 2. The van der Waals surface area contributed by atoms with Crippen LogP contribution in [0.1, 0.15) is 24.8 Å². The van der Waals surface area contributed by atoms with Crippen molar-refractivity contribution in [2.24, 2.45) is 0 Å². The molecule has 2 N–H and O–H groups in total. The van der Waals surface area contributed by atoms with Crippen LogP contribution < -0.4 is 9.47 Å². The van der Waals surface area contributed by atoms with Crippen molar-refractivity contribution in [3.05, 3.63) is 16.7 Å². The van der Waals surface area contributed by atoms with Gasteiger partial charge >= 0.3 is 5.97 Å². The van der Waals surface area contributed by atoms with E-state index in [1.165, 1.54) is 6.07 Å². The van der Waals surface area contributed by atoms with E-state index in [0.29, 0.717) is 30.3 Å². The summed E-state index contributed by atoms with van der Waals surface area (Å²) in [5, 5.41) is 19.1. The average molecular weight is 285 g/mol. The Hall–Kier alpha value is -1.62. The summed E-state index contributed by atoms with van der Waals surface area (Å²) in [4.78, 5) is 11.0. The molecule has 1 heterocycles. The third kappa shape index (κ3) is 1.98. The molecule has 0 saturated heterocycles. The fourth-order valence-corrected chi connectivity index (χ4v) is 2.92. The van der Waals surface area contributed by atoms with Crippen molar-refractivity contribution in [1.29, 1.82) is 0 Å². The van der Waals surface area contributed by atoms with Gasteiger partial charge in [0.1, 0.15) is 19.0 Å². The highest BCUT2D eigenvalue weighted by Gasteiger charge is 2.50. The van der Waals surface area contributed by atoms with Crippen LogP contribution in [0.25, 0.3) is 0 Å². The van der Waals surface area contributed by atoms with Crippen LogP contribution in [0.2, 0.25) is 5.02 Å². The van der Waals surface area contributed by atoms with Crippen LogP contribution in [-0.2, 0) is 10.2 Å². The fraction of sp³-hybridized carbons (Fsp3) is 0.462. The first-order valence-electron chi connectivity index (χ1n) is 6.07. The van der Waals surface area contributed by atoms with E-state index in [2.05, 4.69) is 0 Å². The number of carboxylic acids is 1. The third-order valence-corrected chi connectivity index (χ3v) is 4.01. The van der Waals surface area contributed by atoms with Gasteiger partial charge in [0, 0.05) is 17.0 Å². The molecule has 0 aromatic heterocycles. The molecule has 0 bridgehead atoms. The molecule has 6 heteroatoms. The number of aliphatic carboxylic acids is 1. The van der Waals surface area contributed by atoms with Crippen molar-refractivity contribution in [2.75, 3.05) is 13.2 Å². The Morgan fingerprint density at radius 1 is 1.37 bits per heavy atom. The summed E-state index contributed by atoms with van der Waals surface area (Å²) in [5.74, 6) is -0.0763. The van der Waals surface area contributed by atoms with Crippen LogP contribution in [0.4, 0.5) is 0 Å². The molecule has 0 amide bonds. The minimum atomic E-state index is -0.887. The van der Waals surface area contributed by atoms with Gasteiger partial charge in [0.15, 0.2) is 11.5 Å². The van der Waals surface area contributed by atoms with E-state index in [0.717, 1.165) is 12.8 Å². The van der Waals surface area contributed by atoms with Gasteiger partial charge in [-0.25, -0.2) is 0 Å². The number of aromatic hydroxyl groups is 1. The summed E-state index contributed by atoms with van der Waals surface area (Å²) < 4.78 is 11.0. The van der Waals surface area contributed by atoms with E-state index in [1.807, 2.05) is 0 Å². The molecule has 0 unspecified atom stereocenters. The lowest BCUT2D eigenvalue weighted by Gasteiger charge is -2.26. The molecule has 1 aromatic rings. The zero-order valence-corrected chi connectivity index (χ0v) is 10.9. The van der Waals surface area contributed by atoms with Crippen LogP contribution in [-0.4, -0.2) is 29.4 Å². The topological polar surface area (TPSA) is 76.0 Å². The SMILES string of the molecule is O=C(O)CC1(c2c(Cl)c(O)cc3c2OCCO3)CC1. The first-order valence-corrected chi connectivity index (χ1v) is 6.45. The minimum Gasteiger partial charge on any atom is -0.506 e. The quantitative estimate of drug-likeness (QED) is 0.891. The number of hydrogen-bond acceptors (Lipinski definition) is 4. The molecular weight excluding hydrogens is 272 g/mol. The maximum atomic E-state index is 11.0. The maximum absolute atomic E-state index is 11.0. The van der Waals surface area contributed by atoms with Crippen molar-refractivity contribution in [3.63, 3.8) is 0 Å². The van der Waals surface area contributed by atoms with Crippen LogP contribution in [0.15, 0.2) is 6.07 Å². The molecule has 2 aliphatic rings. The van der Waals surface area contributed by atoms with Crippen LogP contribution in [0.3, 0.4) is 0 Å². The number of phenolic OH excluding ortho intramolecular Hbond substituents is 1. The van der Waals surface area contributed by atoms with Crippen LogP contribution in [0, 0.1) is 0 Å². The minimum absolute atomic E-state index is 0.0219. The van der Waals surface area contributed by atoms with Gasteiger partial charge in [0.05, 0.1) is 11.4 Å². The summed E-state index contributed by atoms with van der Waals surface area (Å²) in [6.45, 7) is 0.795. The van der Waals surface area contributed by atoms with Crippen LogP contribution >= 0.6 is 11.6 Å². The predicted molar refractivity (Wildman–Crippen MR) is 67.3 cm³/mol. The second kappa shape index (κ2) is 4.20. The second-order valence-corrected chi connectivity index (χ2v) is 5.34. The highest BCUT2D eigenvalue weighted by Crippen LogP contribution is 2.59. The number of rotatable bonds is 3. The van der Waals surface area contributed by atoms with Gasteiger partial charge in [-0.05, 0) is 12.8 Å². The lowest BCUT2D eigenvalue weighted by atomic mass is 9.90. The second-order valence-electron chi connectivity index (χ2n) is 4.96. The molecular formula is C13H13ClO5. The Kier molecular flexibility index (Phi) is 2.74. The highest BCUT2D eigenvalue weighted by molar-refractivity contribution is 6.33. The van der Waals surface area contributed by atoms with Crippen molar-refractivity contribution < 1.29 is 24.5 Å². The molecule has 1 aromatic carbocycles. The molecule has 5 nitrogen and oxygen atoms in total. The molecule has 19 heavy (non-hydrogen) atoms. The third-order valence-electron chi connectivity index (χ3n) is 3.62. The lowest BCUT2D eigenvalue weighted by Crippen LogP contribution is -2.21. The number of fused-ring (bicyclic) bond motifs is 1. The van der Waals surface area contributed by atoms with E-state index in [4.69, 9.17) is 26.2 Å². The van der Waals surface area contributed by atoms with Gasteiger partial charge in [0.2, 0.25) is 0 Å². The van der Waals surface area contributed by atoms with E-state index < -0.39 is 11.4 Å². The zero-order chi connectivity index (χ0) is 13.6. The van der Waals surface area contributed by atoms with Gasteiger partial charge in [-0.3, -0.25) is 4.79 Å². The Morgan fingerprint density at radius 2 is 2.05 bits per heavy atom. The summed E-state index contributed by atoms with van der Waals surface area (Å²) >= 11 is 6.16. The molecule has 1 saturated carbocycles. The van der Waals surface area contributed by atoms with Crippen LogP contribution in [0.5, 0.6) is 17.2 Å². The number of phenols is 1. The Morgan fingerprint density at radius 3 is 2.68 bits per heavy atom. The number of hydrogen-bond donors (Lipinski definition) is 2. The van der Waals surface area contributed by atoms with Gasteiger partial charge in [-0.15, -0.1) is 0 Å². The number of benzene rings is 1. The van der Waals surface area contributed by atoms with E-state index in [1.54, 1.807) is 0 Å². The van der Waals surface area contributed by atoms with E-state index in [-0.39, 0.29) is 17.2 Å². The predicted octanol–water partition coefficient (Wildman–Crippen LogP) is 2.32. The largest absolute Gasteiger partial charge is 0.506 e. The van der Waals surface area contributed by atoms with Crippen molar-refractivity contribution in [3.8, 4) is 17.2 Å². The van der Waals surface area contributed by atoms with Crippen molar-refractivity contribution in [1.82, 2.24) is 0 Å². The zero-order valence-electron chi connectivity index (χ0n) is 10.1. The number of carboxylic acid groups (broad SMARTS) is 1. The molecule has 1 aliphatic heterocycles. The highest BCUT2D eigenvalue weighted by atomic mass is 35.5. The molecule has 1 aliphatic carbocycles. The maximum Gasteiger partial charge on any atom is 0.304 e. The van der Waals surface area contributed by atoms with Crippen molar-refractivity contribution >= 4 is 17.6 Å². The Labute approximate surface area is 114 Å². The molecule has 3 rings (SSSR count). The Bertz CT molecular complexity index is 550. The standard InChI is InChI=1S/C13H13ClO5/c14-11-7(15)5-8-12(19-4-3-18-8)10(11)13(1-2-13)6-9(16)17/h5,15H,1-4,6H2,(H,16,17). The smallest absolute Gasteiger partial charge is 0.304 e. The fourth-order valence-electron chi connectivity index (χ4n) is 2.58. The molecule has 0 atom stereocenters. The first kappa shape index (κ1) is 12.4. The number of halogens is 1. The normalized spacial score (nSPS) is 19.0. The van der Waals surface area contributed by atoms with Gasteiger partial charge in [0.25, 0.3) is 0 Å². The van der Waals surface area contributed by atoms with Gasteiger partial charge in [-0.2, -0.15) is 0 Å². The molecule has 0 spiro atoms. The van der Waals surface area contributed by atoms with Crippen molar-refractivity contribution in [2.45, 2.75) is 24.7 Å². The monoisotopic (exact) mass is 284 g/mol. The lowest BCUT2D eigenvalue weighted by molar-refractivity contribution is -0.137. The molecule has 0 radical (unpaired) electrons. The van der Waals surface area contributed by atoms with Gasteiger partial charge < -0.3 is 19.7 Å². The summed E-state index contributed by atoms with van der Waals surface area (Å²) in [5.41, 5.74) is 0.0400. The van der Waals surface area contributed by atoms with E-state index in [9.17, 15) is 9.90 Å². The Balaban J connectivity index is 2.14. The van der Waals surface area contributed by atoms with E-state index >= 15 is 0 Å². The molecule has 1 fully saturated rings. The summed E-state index contributed by atoms with van der Waals surface area (Å²) in [6.07, 6.45) is 1.42. The van der Waals surface area contributed by atoms with Gasteiger partial charge in [-0.1, -0.05) is 11.6 Å². The summed E-state index contributed by atoms with van der Waals surface area (Å²) in [6, 6.07) is 1.41. The first-order chi connectivity index (χ1) is 9.03.